The Bertz CT molecular complexity index is 722. The summed E-state index contributed by atoms with van der Waals surface area (Å²) in [7, 11) is 1.81. The van der Waals surface area contributed by atoms with Crippen LogP contribution in [0.1, 0.15) is 5.01 Å². The molecule has 2 aromatic heterocycles. The second kappa shape index (κ2) is 5.56. The fourth-order valence-corrected chi connectivity index (χ4v) is 2.69. The van der Waals surface area contributed by atoms with Crippen LogP contribution in [0.25, 0.3) is 11.4 Å². The molecule has 0 saturated heterocycles. The maximum absolute atomic E-state index is 5.86. The summed E-state index contributed by atoms with van der Waals surface area (Å²) in [5.74, 6) is 0.728. The number of halogens is 1. The maximum Gasteiger partial charge on any atom is 0.181 e. The van der Waals surface area contributed by atoms with Gasteiger partial charge in [0.1, 0.15) is 9.34 Å². The molecule has 3 rings (SSSR count). The fourth-order valence-electron chi connectivity index (χ4n) is 1.79. The van der Waals surface area contributed by atoms with Gasteiger partial charge in [0.25, 0.3) is 0 Å². The van der Waals surface area contributed by atoms with Gasteiger partial charge in [-0.1, -0.05) is 23.7 Å². The molecule has 1 aromatic carbocycles. The molecule has 0 bridgehead atoms. The molecule has 0 unspecified atom stereocenters. The van der Waals surface area contributed by atoms with Crippen molar-refractivity contribution in [3.8, 4) is 11.4 Å². The number of nitrogens with zero attached hydrogens (tertiary/aromatic N) is 5. The monoisotopic (exact) mass is 306 g/mol. The largest absolute Gasteiger partial charge is 0.379 e. The van der Waals surface area contributed by atoms with E-state index < -0.39 is 0 Å². The van der Waals surface area contributed by atoms with E-state index in [9.17, 15) is 0 Å². The number of tetrazole rings is 1. The second-order valence-corrected chi connectivity index (χ2v) is 5.87. The van der Waals surface area contributed by atoms with Crippen LogP contribution in [0.4, 0.5) is 5.69 Å². The van der Waals surface area contributed by atoms with Crippen LogP contribution in [0.2, 0.25) is 4.34 Å². The van der Waals surface area contributed by atoms with E-state index in [0.717, 1.165) is 22.1 Å². The molecule has 0 amide bonds. The van der Waals surface area contributed by atoms with Crippen molar-refractivity contribution < 1.29 is 0 Å². The van der Waals surface area contributed by atoms with Gasteiger partial charge in [-0.3, -0.25) is 0 Å². The highest BCUT2D eigenvalue weighted by atomic mass is 35.5. The first kappa shape index (κ1) is 13.0. The summed E-state index contributed by atoms with van der Waals surface area (Å²) in [5.41, 5.74) is 1.94. The number of benzene rings is 1. The summed E-state index contributed by atoms with van der Waals surface area (Å²) in [5, 5.41) is 15.7. The Morgan fingerprint density at radius 3 is 3.00 bits per heavy atom. The van der Waals surface area contributed by atoms with Gasteiger partial charge >= 0.3 is 0 Å². The quantitative estimate of drug-likeness (QED) is 0.802. The van der Waals surface area contributed by atoms with Crippen molar-refractivity contribution in [3.63, 3.8) is 0 Å². The fraction of sp³-hybridized carbons (Fsp3) is 0.167. The van der Waals surface area contributed by atoms with Crippen molar-refractivity contribution in [1.82, 2.24) is 25.2 Å². The summed E-state index contributed by atoms with van der Waals surface area (Å²) in [6.45, 7) is 0.637. The normalized spacial score (nSPS) is 10.7. The SMILES string of the molecule is Cn1nnnc1-c1cccc(NCc2ncc(Cl)s2)c1. The predicted molar refractivity (Wildman–Crippen MR) is 78.7 cm³/mol. The van der Waals surface area contributed by atoms with Gasteiger partial charge in [-0.2, -0.15) is 0 Å². The van der Waals surface area contributed by atoms with Crippen molar-refractivity contribution in [2.24, 2.45) is 7.05 Å². The zero-order valence-electron chi connectivity index (χ0n) is 10.6. The van der Waals surface area contributed by atoms with E-state index in [1.54, 1.807) is 10.9 Å². The molecule has 20 heavy (non-hydrogen) atoms. The van der Waals surface area contributed by atoms with Crippen LogP contribution >= 0.6 is 22.9 Å². The Hall–Kier alpha value is -1.99. The minimum atomic E-state index is 0.637. The molecule has 2 heterocycles. The number of anilines is 1. The Kier molecular flexibility index (Phi) is 3.62. The Labute approximate surface area is 124 Å². The van der Waals surface area contributed by atoms with Crippen molar-refractivity contribution in [2.45, 2.75) is 6.54 Å². The lowest BCUT2D eigenvalue weighted by atomic mass is 10.2. The summed E-state index contributed by atoms with van der Waals surface area (Å²) >= 11 is 7.32. The third-order valence-electron chi connectivity index (χ3n) is 2.71. The number of hydrogen-bond acceptors (Lipinski definition) is 6. The molecule has 0 aliphatic heterocycles. The summed E-state index contributed by atoms with van der Waals surface area (Å²) in [6.07, 6.45) is 1.66. The van der Waals surface area contributed by atoms with Crippen LogP contribution < -0.4 is 5.32 Å². The Balaban J connectivity index is 1.76. The molecule has 6 nitrogen and oxygen atoms in total. The van der Waals surface area contributed by atoms with E-state index in [1.165, 1.54) is 11.3 Å². The average molecular weight is 307 g/mol. The summed E-state index contributed by atoms with van der Waals surface area (Å²) in [6, 6.07) is 7.92. The number of hydrogen-bond donors (Lipinski definition) is 1. The molecular weight excluding hydrogens is 296 g/mol. The first-order valence-electron chi connectivity index (χ1n) is 5.89. The molecule has 102 valence electrons. The van der Waals surface area contributed by atoms with Crippen molar-refractivity contribution in [2.75, 3.05) is 5.32 Å². The van der Waals surface area contributed by atoms with Gasteiger partial charge in [0.15, 0.2) is 5.82 Å². The maximum atomic E-state index is 5.86. The van der Waals surface area contributed by atoms with Crippen LogP contribution in [0.5, 0.6) is 0 Å². The van der Waals surface area contributed by atoms with E-state index in [-0.39, 0.29) is 0 Å². The van der Waals surface area contributed by atoms with Gasteiger partial charge in [-0.25, -0.2) is 9.67 Å². The Morgan fingerprint density at radius 2 is 2.30 bits per heavy atom. The number of nitrogens with one attached hydrogen (secondary N) is 1. The third-order valence-corrected chi connectivity index (χ3v) is 3.82. The smallest absolute Gasteiger partial charge is 0.181 e. The molecule has 0 saturated carbocycles. The van der Waals surface area contributed by atoms with Crippen molar-refractivity contribution >= 4 is 28.6 Å². The van der Waals surface area contributed by atoms with Gasteiger partial charge in [0.2, 0.25) is 0 Å². The first-order valence-corrected chi connectivity index (χ1v) is 7.09. The van der Waals surface area contributed by atoms with E-state index in [0.29, 0.717) is 10.9 Å². The second-order valence-electron chi connectivity index (χ2n) is 4.12. The Morgan fingerprint density at radius 1 is 1.40 bits per heavy atom. The minimum absolute atomic E-state index is 0.637. The highest BCUT2D eigenvalue weighted by Gasteiger charge is 2.06. The van der Waals surface area contributed by atoms with Gasteiger partial charge in [0, 0.05) is 18.3 Å². The minimum Gasteiger partial charge on any atom is -0.379 e. The number of rotatable bonds is 4. The van der Waals surface area contributed by atoms with Gasteiger partial charge < -0.3 is 5.32 Å². The number of aromatic nitrogens is 5. The zero-order valence-corrected chi connectivity index (χ0v) is 12.2. The molecule has 1 N–H and O–H groups in total. The van der Waals surface area contributed by atoms with Crippen molar-refractivity contribution in [3.05, 3.63) is 39.8 Å². The van der Waals surface area contributed by atoms with E-state index in [2.05, 4.69) is 25.8 Å². The van der Waals surface area contributed by atoms with Crippen LogP contribution in [0, 0.1) is 0 Å². The van der Waals surface area contributed by atoms with Crippen LogP contribution in [-0.2, 0) is 13.6 Å². The standard InChI is InChI=1S/C12H11ClN6S/c1-19-12(16-17-18-19)8-3-2-4-9(5-8)14-7-11-15-6-10(13)20-11/h2-6,14H,7H2,1H3. The van der Waals surface area contributed by atoms with Gasteiger partial charge in [0.05, 0.1) is 12.7 Å². The van der Waals surface area contributed by atoms with Crippen molar-refractivity contribution in [1.29, 1.82) is 0 Å². The predicted octanol–water partition coefficient (Wildman–Crippen LogP) is 2.60. The topological polar surface area (TPSA) is 68.5 Å². The van der Waals surface area contributed by atoms with Crippen LogP contribution in [-0.4, -0.2) is 25.2 Å². The number of aryl methyl sites for hydroxylation is 1. The molecule has 3 aromatic rings. The number of thiazole rings is 1. The lowest BCUT2D eigenvalue weighted by Gasteiger charge is -2.06. The highest BCUT2D eigenvalue weighted by Crippen LogP contribution is 2.22. The third kappa shape index (κ3) is 2.78. The molecule has 8 heteroatoms. The zero-order chi connectivity index (χ0) is 13.9. The van der Waals surface area contributed by atoms with Crippen LogP contribution in [0.3, 0.4) is 0 Å². The highest BCUT2D eigenvalue weighted by molar-refractivity contribution is 7.15. The molecule has 0 spiro atoms. The molecule has 0 fully saturated rings. The average Bonchev–Trinajstić information content (AvgIpc) is 3.05. The molecule has 0 aliphatic carbocycles. The molecule has 0 radical (unpaired) electrons. The van der Waals surface area contributed by atoms with Gasteiger partial charge in [-0.15, -0.1) is 16.4 Å². The summed E-state index contributed by atoms with van der Waals surface area (Å²) in [4.78, 5) is 4.20. The van der Waals surface area contributed by atoms with E-state index >= 15 is 0 Å². The summed E-state index contributed by atoms with van der Waals surface area (Å²) < 4.78 is 2.33. The van der Waals surface area contributed by atoms with E-state index in [4.69, 9.17) is 11.6 Å². The van der Waals surface area contributed by atoms with E-state index in [1.807, 2.05) is 31.3 Å². The molecule has 0 aliphatic rings. The first-order chi connectivity index (χ1) is 9.72. The molecular formula is C12H11ClN6S. The lowest BCUT2D eigenvalue weighted by molar-refractivity contribution is 0.714. The molecule has 0 atom stereocenters. The van der Waals surface area contributed by atoms with Crippen LogP contribution in [0.15, 0.2) is 30.5 Å². The van der Waals surface area contributed by atoms with Gasteiger partial charge in [-0.05, 0) is 22.6 Å². The lowest BCUT2D eigenvalue weighted by Crippen LogP contribution is -1.99.